The minimum absolute atomic E-state index is 0.0978. The van der Waals surface area contributed by atoms with Gasteiger partial charge in [-0.3, -0.25) is 4.79 Å². The van der Waals surface area contributed by atoms with Crippen LogP contribution >= 0.6 is 11.3 Å². The van der Waals surface area contributed by atoms with Gasteiger partial charge in [-0.2, -0.15) is 5.10 Å². The molecule has 7 nitrogen and oxygen atoms in total. The Morgan fingerprint density at radius 3 is 2.80 bits per heavy atom. The molecule has 1 N–H and O–H groups in total. The van der Waals surface area contributed by atoms with Crippen molar-refractivity contribution in [3.8, 4) is 11.5 Å². The molecule has 0 aliphatic heterocycles. The summed E-state index contributed by atoms with van der Waals surface area (Å²) in [7, 11) is 1.47. The van der Waals surface area contributed by atoms with Crippen LogP contribution in [0.15, 0.2) is 52.2 Å². The minimum Gasteiger partial charge on any atom is -0.493 e. The maximum absolute atomic E-state index is 12.4. The molecule has 0 spiro atoms. The van der Waals surface area contributed by atoms with E-state index in [1.807, 2.05) is 6.07 Å². The normalized spacial score (nSPS) is 13.1. The number of furan rings is 1. The lowest BCUT2D eigenvalue weighted by atomic mass is 9.99. The van der Waals surface area contributed by atoms with E-state index >= 15 is 0 Å². The second kappa shape index (κ2) is 8.96. The molecule has 2 aromatic heterocycles. The number of carbonyl (C=O) groups is 2. The zero-order valence-electron chi connectivity index (χ0n) is 16.3. The number of hydrogen-bond donors (Lipinski definition) is 1. The number of fused-ring (bicyclic) bond motifs is 1. The summed E-state index contributed by atoms with van der Waals surface area (Å²) < 4.78 is 15.6. The summed E-state index contributed by atoms with van der Waals surface area (Å²) in [5, 5.41) is 4.03. The Bertz CT molecular complexity index is 1060. The number of methoxy groups -OCH3 is 1. The van der Waals surface area contributed by atoms with Crippen molar-refractivity contribution in [1.29, 1.82) is 0 Å². The summed E-state index contributed by atoms with van der Waals surface area (Å²) in [5.41, 5.74) is 4.52. The zero-order valence-corrected chi connectivity index (χ0v) is 17.2. The van der Waals surface area contributed by atoms with E-state index in [0.29, 0.717) is 16.2 Å². The Morgan fingerprint density at radius 1 is 1.17 bits per heavy atom. The first kappa shape index (κ1) is 19.9. The quantitative estimate of drug-likeness (QED) is 0.277. The molecule has 0 radical (unpaired) electrons. The number of esters is 1. The van der Waals surface area contributed by atoms with Crippen LogP contribution in [0.25, 0.3) is 0 Å². The fraction of sp³-hybridized carbons (Fsp3) is 0.227. The first-order valence-corrected chi connectivity index (χ1v) is 10.3. The second-order valence-electron chi connectivity index (χ2n) is 6.74. The molecule has 4 rings (SSSR count). The average Bonchev–Trinajstić information content (AvgIpc) is 3.44. The monoisotopic (exact) mass is 424 g/mol. The Labute approximate surface area is 177 Å². The third kappa shape index (κ3) is 4.44. The number of nitrogens with one attached hydrogen (secondary N) is 1. The van der Waals surface area contributed by atoms with Gasteiger partial charge in [-0.25, -0.2) is 10.2 Å². The van der Waals surface area contributed by atoms with Gasteiger partial charge in [0.2, 0.25) is 5.76 Å². The molecule has 30 heavy (non-hydrogen) atoms. The van der Waals surface area contributed by atoms with Crippen molar-refractivity contribution in [2.45, 2.75) is 25.7 Å². The molecule has 0 fully saturated rings. The highest BCUT2D eigenvalue weighted by Crippen LogP contribution is 2.30. The topological polar surface area (TPSA) is 90.1 Å². The smallest absolute Gasteiger partial charge is 0.379 e. The Hall–Kier alpha value is -3.39. The summed E-state index contributed by atoms with van der Waals surface area (Å²) in [6.45, 7) is 0. The van der Waals surface area contributed by atoms with Gasteiger partial charge in [-0.05, 0) is 73.2 Å². The summed E-state index contributed by atoms with van der Waals surface area (Å²) in [4.78, 5) is 26.4. The number of ether oxygens (including phenoxy) is 2. The Kier molecular flexibility index (Phi) is 5.94. The van der Waals surface area contributed by atoms with Crippen LogP contribution < -0.4 is 14.9 Å². The van der Waals surface area contributed by atoms with Crippen LogP contribution in [0, 0.1) is 0 Å². The van der Waals surface area contributed by atoms with Crippen LogP contribution in [0.1, 0.15) is 49.1 Å². The second-order valence-corrected chi connectivity index (χ2v) is 7.88. The van der Waals surface area contributed by atoms with Crippen molar-refractivity contribution < 1.29 is 23.5 Å². The summed E-state index contributed by atoms with van der Waals surface area (Å²) in [6, 6.07) is 10.0. The average molecular weight is 424 g/mol. The number of nitrogens with zero attached hydrogens (tertiary/aromatic N) is 1. The molecule has 0 atom stereocenters. The van der Waals surface area contributed by atoms with E-state index in [4.69, 9.17) is 13.9 Å². The van der Waals surface area contributed by atoms with Gasteiger partial charge in [0.05, 0.1) is 24.5 Å². The van der Waals surface area contributed by atoms with Crippen LogP contribution in [-0.4, -0.2) is 25.2 Å². The lowest BCUT2D eigenvalue weighted by Gasteiger charge is -2.08. The number of aryl methyl sites for hydroxylation is 2. The van der Waals surface area contributed by atoms with Crippen molar-refractivity contribution in [1.82, 2.24) is 5.43 Å². The van der Waals surface area contributed by atoms with Crippen molar-refractivity contribution in [2.75, 3.05) is 7.11 Å². The Morgan fingerprint density at radius 2 is 2.03 bits per heavy atom. The molecular weight excluding hydrogens is 404 g/mol. The number of rotatable bonds is 6. The fourth-order valence-electron chi connectivity index (χ4n) is 3.22. The van der Waals surface area contributed by atoms with Crippen LogP contribution in [-0.2, 0) is 12.8 Å². The molecule has 154 valence electrons. The largest absolute Gasteiger partial charge is 0.493 e. The van der Waals surface area contributed by atoms with Gasteiger partial charge in [0.15, 0.2) is 11.5 Å². The number of amides is 1. The molecule has 1 aliphatic carbocycles. The first-order valence-electron chi connectivity index (χ1n) is 9.53. The van der Waals surface area contributed by atoms with Crippen molar-refractivity contribution >= 4 is 29.4 Å². The maximum Gasteiger partial charge on any atom is 0.379 e. The number of carbonyl (C=O) groups excluding carboxylic acids is 2. The van der Waals surface area contributed by atoms with E-state index in [-0.39, 0.29) is 17.4 Å². The lowest BCUT2D eigenvalue weighted by Crippen LogP contribution is -2.16. The van der Waals surface area contributed by atoms with Crippen LogP contribution in [0.5, 0.6) is 11.5 Å². The molecule has 0 unspecified atom stereocenters. The van der Waals surface area contributed by atoms with E-state index in [2.05, 4.69) is 10.5 Å². The highest BCUT2D eigenvalue weighted by atomic mass is 32.1. The number of hydrazone groups is 1. The minimum atomic E-state index is -0.620. The van der Waals surface area contributed by atoms with Gasteiger partial charge in [-0.15, -0.1) is 11.3 Å². The lowest BCUT2D eigenvalue weighted by molar-refractivity contribution is 0.0696. The van der Waals surface area contributed by atoms with Gasteiger partial charge in [0, 0.05) is 4.88 Å². The van der Waals surface area contributed by atoms with E-state index < -0.39 is 5.97 Å². The predicted octanol–water partition coefficient (Wildman–Crippen LogP) is 4.21. The van der Waals surface area contributed by atoms with Gasteiger partial charge >= 0.3 is 5.97 Å². The molecule has 0 saturated carbocycles. The van der Waals surface area contributed by atoms with Crippen LogP contribution in [0.2, 0.25) is 0 Å². The summed E-state index contributed by atoms with van der Waals surface area (Å²) >= 11 is 1.54. The maximum atomic E-state index is 12.4. The first-order chi connectivity index (χ1) is 14.6. The van der Waals surface area contributed by atoms with E-state index in [9.17, 15) is 9.59 Å². The number of benzene rings is 1. The molecule has 0 saturated heterocycles. The highest BCUT2D eigenvalue weighted by Gasteiger charge is 2.17. The van der Waals surface area contributed by atoms with Gasteiger partial charge in [0.1, 0.15) is 0 Å². The third-order valence-corrected chi connectivity index (χ3v) is 5.95. The standard InChI is InChI=1S/C22H20N2O5S/c1-27-18-11-14(8-9-16(18)29-22(26)17-6-4-10-28-17)13-23-24-21(25)20-12-15-5-2-3-7-19(15)30-20/h4,6,8-13H,2-3,5,7H2,1H3,(H,24,25)/b23-13-. The SMILES string of the molecule is COc1cc(/C=N\NC(=O)c2cc3c(s2)CCCC3)ccc1OC(=O)c1ccco1. The third-order valence-electron chi connectivity index (χ3n) is 4.71. The number of thiophene rings is 1. The summed E-state index contributed by atoms with van der Waals surface area (Å²) in [5.74, 6) is -0.131. The summed E-state index contributed by atoms with van der Waals surface area (Å²) in [6.07, 6.45) is 7.35. The van der Waals surface area contributed by atoms with Crippen LogP contribution in [0.3, 0.4) is 0 Å². The van der Waals surface area contributed by atoms with E-state index in [1.165, 1.54) is 48.9 Å². The molecule has 1 amide bonds. The predicted molar refractivity (Wildman–Crippen MR) is 113 cm³/mol. The molecular formula is C22H20N2O5S. The molecule has 3 aromatic rings. The van der Waals surface area contributed by atoms with Crippen LogP contribution in [0.4, 0.5) is 0 Å². The molecule has 1 aromatic carbocycles. The Balaban J connectivity index is 1.40. The molecule has 2 heterocycles. The van der Waals surface area contributed by atoms with E-state index in [1.54, 1.807) is 35.6 Å². The molecule has 8 heteroatoms. The fourth-order valence-corrected chi connectivity index (χ4v) is 4.36. The number of hydrogen-bond acceptors (Lipinski definition) is 7. The molecule has 1 aliphatic rings. The van der Waals surface area contributed by atoms with Gasteiger partial charge in [0.25, 0.3) is 5.91 Å². The molecule has 0 bridgehead atoms. The van der Waals surface area contributed by atoms with Gasteiger partial charge < -0.3 is 13.9 Å². The zero-order chi connectivity index (χ0) is 20.9. The highest BCUT2D eigenvalue weighted by molar-refractivity contribution is 7.14. The van der Waals surface area contributed by atoms with Crippen molar-refractivity contribution in [3.05, 3.63) is 69.3 Å². The van der Waals surface area contributed by atoms with Crippen molar-refractivity contribution in [3.63, 3.8) is 0 Å². The van der Waals surface area contributed by atoms with Gasteiger partial charge in [-0.1, -0.05) is 0 Å². The van der Waals surface area contributed by atoms with E-state index in [0.717, 1.165) is 12.8 Å². The van der Waals surface area contributed by atoms with Crippen molar-refractivity contribution in [2.24, 2.45) is 5.10 Å².